The lowest BCUT2D eigenvalue weighted by Gasteiger charge is -1.86. The normalized spacial score (nSPS) is 9.00. The quantitative estimate of drug-likeness (QED) is 0.394. The molecule has 0 aliphatic heterocycles. The second kappa shape index (κ2) is 2.99. The van der Waals surface area contributed by atoms with E-state index in [9.17, 15) is 4.79 Å². The fourth-order valence-electron chi connectivity index (χ4n) is 0.0690. The summed E-state index contributed by atoms with van der Waals surface area (Å²) in [5, 5.41) is 0. The van der Waals surface area contributed by atoms with Crippen LogP contribution in [0.3, 0.4) is 0 Å². The van der Waals surface area contributed by atoms with Crippen molar-refractivity contribution in [1.82, 2.24) is 0 Å². The molecule has 0 atom stereocenters. The minimum absolute atomic E-state index is 0.608. The fourth-order valence-corrected chi connectivity index (χ4v) is 0.207. The summed E-state index contributed by atoms with van der Waals surface area (Å²) in [7, 11) is 0. The molecule has 0 spiro atoms. The predicted octanol–water partition coefficient (Wildman–Crippen LogP) is 1.02. The monoisotopic (exact) mass is 139 g/mol. The first kappa shape index (κ1) is 6.92. The summed E-state index contributed by atoms with van der Waals surface area (Å²) in [4.78, 5) is 11.9. The standard InChI is InChI=1S/C3H3Cl2NO/c1-6-3(7)2(4)5/h2H,1H2. The number of alkyl halides is 2. The number of halogens is 2. The van der Waals surface area contributed by atoms with E-state index in [1.807, 2.05) is 0 Å². The van der Waals surface area contributed by atoms with Crippen molar-refractivity contribution in [3.05, 3.63) is 0 Å². The van der Waals surface area contributed by atoms with Crippen LogP contribution in [0.1, 0.15) is 0 Å². The Balaban J connectivity index is 3.56. The molecule has 0 aromatic heterocycles. The molecule has 0 N–H and O–H groups in total. The zero-order valence-electron chi connectivity index (χ0n) is 3.40. The van der Waals surface area contributed by atoms with E-state index in [1.54, 1.807) is 0 Å². The molecule has 0 radical (unpaired) electrons. The maximum atomic E-state index is 10.0. The van der Waals surface area contributed by atoms with Gasteiger partial charge in [0.25, 0.3) is 5.91 Å². The van der Waals surface area contributed by atoms with Crippen molar-refractivity contribution in [3.8, 4) is 0 Å². The number of nitrogens with zero attached hydrogens (tertiary/aromatic N) is 1. The number of amides is 1. The molecule has 0 rings (SSSR count). The van der Waals surface area contributed by atoms with Crippen molar-refractivity contribution < 1.29 is 4.79 Å². The van der Waals surface area contributed by atoms with Gasteiger partial charge in [-0.3, -0.25) is 4.79 Å². The molecule has 0 fully saturated rings. The van der Waals surface area contributed by atoms with Gasteiger partial charge in [-0.15, -0.1) is 0 Å². The van der Waals surface area contributed by atoms with Crippen LogP contribution in [0, 0.1) is 0 Å². The van der Waals surface area contributed by atoms with E-state index < -0.39 is 10.7 Å². The maximum absolute atomic E-state index is 10.0. The Morgan fingerprint density at radius 1 is 1.71 bits per heavy atom. The zero-order valence-corrected chi connectivity index (χ0v) is 4.91. The van der Waals surface area contributed by atoms with Gasteiger partial charge in [0.2, 0.25) is 0 Å². The smallest absolute Gasteiger partial charge is 0.269 e. The van der Waals surface area contributed by atoms with E-state index in [0.29, 0.717) is 0 Å². The van der Waals surface area contributed by atoms with Crippen LogP contribution in [0.25, 0.3) is 0 Å². The van der Waals surface area contributed by atoms with Crippen molar-refractivity contribution in [2.24, 2.45) is 4.99 Å². The zero-order chi connectivity index (χ0) is 5.86. The van der Waals surface area contributed by atoms with Gasteiger partial charge in [0.15, 0.2) is 4.84 Å². The van der Waals surface area contributed by atoms with Gasteiger partial charge < -0.3 is 0 Å². The Morgan fingerprint density at radius 2 is 2.14 bits per heavy atom. The molecular weight excluding hydrogens is 137 g/mol. The van der Waals surface area contributed by atoms with E-state index in [0.717, 1.165) is 0 Å². The SMILES string of the molecule is C=NC(=O)C(Cl)Cl. The molecule has 2 nitrogen and oxygen atoms in total. The average molecular weight is 140 g/mol. The largest absolute Gasteiger partial charge is 0.278 e. The molecular formula is C3H3Cl2NO. The van der Waals surface area contributed by atoms with E-state index in [2.05, 4.69) is 11.7 Å². The molecule has 7 heavy (non-hydrogen) atoms. The van der Waals surface area contributed by atoms with Crippen LogP contribution in [0.5, 0.6) is 0 Å². The first-order valence-corrected chi connectivity index (χ1v) is 2.34. The number of rotatable bonds is 1. The lowest BCUT2D eigenvalue weighted by atomic mass is 10.7. The molecule has 0 heterocycles. The molecule has 0 saturated carbocycles. The summed E-state index contributed by atoms with van der Waals surface area (Å²) >= 11 is 10.0. The topological polar surface area (TPSA) is 29.4 Å². The van der Waals surface area contributed by atoms with Gasteiger partial charge >= 0.3 is 0 Å². The minimum Gasteiger partial charge on any atom is -0.269 e. The van der Waals surface area contributed by atoms with Crippen molar-refractivity contribution in [1.29, 1.82) is 0 Å². The van der Waals surface area contributed by atoms with Gasteiger partial charge in [-0.05, 0) is 6.72 Å². The molecule has 0 unspecified atom stereocenters. The lowest BCUT2D eigenvalue weighted by Crippen LogP contribution is -2.01. The summed E-state index contributed by atoms with van der Waals surface area (Å²) in [5.74, 6) is -0.608. The third-order valence-electron chi connectivity index (χ3n) is 0.343. The first-order valence-electron chi connectivity index (χ1n) is 1.47. The Hall–Kier alpha value is -0.0800. The van der Waals surface area contributed by atoms with Crippen LogP contribution in [-0.4, -0.2) is 17.5 Å². The van der Waals surface area contributed by atoms with E-state index in [4.69, 9.17) is 23.2 Å². The van der Waals surface area contributed by atoms with Gasteiger partial charge in [0.1, 0.15) is 0 Å². The highest BCUT2D eigenvalue weighted by Gasteiger charge is 2.06. The van der Waals surface area contributed by atoms with Gasteiger partial charge in [-0.2, -0.15) is 0 Å². The van der Waals surface area contributed by atoms with Crippen LogP contribution in [0.2, 0.25) is 0 Å². The summed E-state index contributed by atoms with van der Waals surface area (Å²) in [6, 6.07) is 0. The van der Waals surface area contributed by atoms with Crippen LogP contribution in [-0.2, 0) is 4.79 Å². The second-order valence-electron chi connectivity index (χ2n) is 0.797. The van der Waals surface area contributed by atoms with Gasteiger partial charge in [-0.25, -0.2) is 4.99 Å². The number of hydrogen-bond acceptors (Lipinski definition) is 1. The van der Waals surface area contributed by atoms with Crippen LogP contribution in [0.15, 0.2) is 4.99 Å². The Labute approximate surface area is 51.1 Å². The Kier molecular flexibility index (Phi) is 2.96. The number of carbonyl (C=O) groups excluding carboxylic acids is 1. The van der Waals surface area contributed by atoms with Gasteiger partial charge in [0.05, 0.1) is 0 Å². The van der Waals surface area contributed by atoms with Crippen molar-refractivity contribution in [3.63, 3.8) is 0 Å². The molecule has 0 aliphatic carbocycles. The highest BCUT2D eigenvalue weighted by Crippen LogP contribution is 2.01. The molecule has 40 valence electrons. The number of hydrogen-bond donors (Lipinski definition) is 0. The summed E-state index contributed by atoms with van der Waals surface area (Å²) in [5.41, 5.74) is 0. The predicted molar refractivity (Wildman–Crippen MR) is 30.0 cm³/mol. The molecule has 0 bridgehead atoms. The van der Waals surface area contributed by atoms with Crippen LogP contribution in [0.4, 0.5) is 0 Å². The van der Waals surface area contributed by atoms with Crippen LogP contribution < -0.4 is 0 Å². The van der Waals surface area contributed by atoms with Gasteiger partial charge in [0, 0.05) is 0 Å². The third-order valence-corrected chi connectivity index (χ3v) is 0.716. The highest BCUT2D eigenvalue weighted by molar-refractivity contribution is 6.53. The summed E-state index contributed by atoms with van der Waals surface area (Å²) < 4.78 is 0. The van der Waals surface area contributed by atoms with E-state index in [-0.39, 0.29) is 0 Å². The molecule has 0 aliphatic rings. The first-order chi connectivity index (χ1) is 3.18. The Bertz CT molecular complexity index is 90.9. The summed E-state index contributed by atoms with van der Waals surface area (Å²) in [6.07, 6.45) is 0. The van der Waals surface area contributed by atoms with Crippen LogP contribution >= 0.6 is 23.2 Å². The van der Waals surface area contributed by atoms with Crippen molar-refractivity contribution in [2.75, 3.05) is 0 Å². The van der Waals surface area contributed by atoms with Crippen molar-refractivity contribution in [2.45, 2.75) is 4.84 Å². The number of aliphatic imine (C=N–C) groups is 1. The van der Waals surface area contributed by atoms with Crippen molar-refractivity contribution >= 4 is 35.8 Å². The molecule has 0 saturated heterocycles. The average Bonchev–Trinajstić information content (AvgIpc) is 1.65. The second-order valence-corrected chi connectivity index (χ2v) is 1.89. The highest BCUT2D eigenvalue weighted by atomic mass is 35.5. The van der Waals surface area contributed by atoms with E-state index in [1.165, 1.54) is 0 Å². The summed E-state index contributed by atoms with van der Waals surface area (Å²) in [6.45, 7) is 2.91. The molecule has 4 heteroatoms. The maximum Gasteiger partial charge on any atom is 0.278 e. The third kappa shape index (κ3) is 2.60. The molecule has 0 aromatic carbocycles. The van der Waals surface area contributed by atoms with Gasteiger partial charge in [-0.1, -0.05) is 23.2 Å². The molecule has 1 amide bonds. The Morgan fingerprint density at radius 3 is 2.14 bits per heavy atom. The lowest BCUT2D eigenvalue weighted by molar-refractivity contribution is -0.116. The minimum atomic E-state index is -1.06. The molecule has 0 aromatic rings. The van der Waals surface area contributed by atoms with E-state index >= 15 is 0 Å². The number of carbonyl (C=O) groups is 1. The fraction of sp³-hybridized carbons (Fsp3) is 0.333.